The van der Waals surface area contributed by atoms with Crippen LogP contribution in [0.4, 0.5) is 5.82 Å². The first-order chi connectivity index (χ1) is 7.81. The van der Waals surface area contributed by atoms with Crippen molar-refractivity contribution in [1.82, 2.24) is 10.2 Å². The van der Waals surface area contributed by atoms with Crippen molar-refractivity contribution >= 4 is 17.4 Å². The van der Waals surface area contributed by atoms with Crippen molar-refractivity contribution in [1.29, 1.82) is 0 Å². The Hall–Kier alpha value is -0.870. The average Bonchev–Trinajstić information content (AvgIpc) is 2.39. The van der Waals surface area contributed by atoms with Gasteiger partial charge < -0.3 is 9.64 Å². The normalized spacial score (nSPS) is 17.4. The van der Waals surface area contributed by atoms with Crippen molar-refractivity contribution in [3.05, 3.63) is 17.8 Å². The molecule has 1 saturated heterocycles. The Morgan fingerprint density at radius 1 is 1.38 bits per heavy atom. The van der Waals surface area contributed by atoms with Crippen LogP contribution in [-0.2, 0) is 10.6 Å². The number of anilines is 1. The third-order valence-corrected chi connectivity index (χ3v) is 3.22. The zero-order valence-corrected chi connectivity index (χ0v) is 10.2. The monoisotopic (exact) mass is 241 g/mol. The Morgan fingerprint density at radius 3 is 2.69 bits per heavy atom. The van der Waals surface area contributed by atoms with Gasteiger partial charge >= 0.3 is 0 Å². The molecule has 0 aromatic carbocycles. The molecule has 0 bridgehead atoms. The predicted molar refractivity (Wildman–Crippen MR) is 63.8 cm³/mol. The quantitative estimate of drug-likeness (QED) is 0.757. The van der Waals surface area contributed by atoms with E-state index in [0.717, 1.165) is 37.6 Å². The van der Waals surface area contributed by atoms with Crippen LogP contribution in [0.15, 0.2) is 12.1 Å². The van der Waals surface area contributed by atoms with Crippen molar-refractivity contribution in [2.24, 2.45) is 0 Å². The number of hydrogen-bond acceptors (Lipinski definition) is 4. The molecular weight excluding hydrogens is 226 g/mol. The summed E-state index contributed by atoms with van der Waals surface area (Å²) in [5.74, 6) is 1.31. The SMILES string of the molecule is CN(c1ccc(CCl)nn1)C1CCOCC1. The number of nitrogens with zero attached hydrogens (tertiary/aromatic N) is 3. The maximum absolute atomic E-state index is 5.67. The number of hydrogen-bond donors (Lipinski definition) is 0. The highest BCUT2D eigenvalue weighted by Gasteiger charge is 2.19. The van der Waals surface area contributed by atoms with E-state index in [1.807, 2.05) is 12.1 Å². The van der Waals surface area contributed by atoms with E-state index in [2.05, 4.69) is 22.1 Å². The zero-order valence-electron chi connectivity index (χ0n) is 9.40. The van der Waals surface area contributed by atoms with Gasteiger partial charge in [0, 0.05) is 26.3 Å². The minimum Gasteiger partial charge on any atom is -0.381 e. The molecule has 0 atom stereocenters. The van der Waals surface area contributed by atoms with E-state index in [1.54, 1.807) is 0 Å². The second-order valence-electron chi connectivity index (χ2n) is 3.97. The molecule has 1 aromatic rings. The summed E-state index contributed by atoms with van der Waals surface area (Å²) in [5, 5.41) is 8.23. The molecule has 2 heterocycles. The summed E-state index contributed by atoms with van der Waals surface area (Å²) in [7, 11) is 2.06. The molecule has 0 saturated carbocycles. The third-order valence-electron chi connectivity index (χ3n) is 2.94. The maximum atomic E-state index is 5.67. The van der Waals surface area contributed by atoms with Gasteiger partial charge in [-0.05, 0) is 25.0 Å². The molecule has 0 spiro atoms. The zero-order chi connectivity index (χ0) is 11.4. The Kier molecular flexibility index (Phi) is 3.96. The summed E-state index contributed by atoms with van der Waals surface area (Å²) in [6, 6.07) is 4.40. The van der Waals surface area contributed by atoms with E-state index >= 15 is 0 Å². The average molecular weight is 242 g/mol. The lowest BCUT2D eigenvalue weighted by Gasteiger charge is -2.31. The number of rotatable bonds is 3. The fourth-order valence-electron chi connectivity index (χ4n) is 1.87. The van der Waals surface area contributed by atoms with Crippen LogP contribution in [0, 0.1) is 0 Å². The highest BCUT2D eigenvalue weighted by molar-refractivity contribution is 6.16. The van der Waals surface area contributed by atoms with E-state index in [-0.39, 0.29) is 0 Å². The summed E-state index contributed by atoms with van der Waals surface area (Å²) >= 11 is 5.67. The second-order valence-corrected chi connectivity index (χ2v) is 4.24. The van der Waals surface area contributed by atoms with Crippen LogP contribution in [0.2, 0.25) is 0 Å². The Bertz CT molecular complexity index is 325. The molecule has 1 fully saturated rings. The van der Waals surface area contributed by atoms with Gasteiger partial charge in [0.25, 0.3) is 0 Å². The van der Waals surface area contributed by atoms with Gasteiger partial charge in [-0.1, -0.05) is 0 Å². The molecule has 1 aliphatic heterocycles. The van der Waals surface area contributed by atoms with Crippen LogP contribution in [0.25, 0.3) is 0 Å². The molecule has 0 aliphatic carbocycles. The van der Waals surface area contributed by atoms with E-state index in [0.29, 0.717) is 11.9 Å². The first-order valence-corrected chi connectivity index (χ1v) is 6.04. The van der Waals surface area contributed by atoms with Crippen molar-refractivity contribution in [2.45, 2.75) is 24.8 Å². The van der Waals surface area contributed by atoms with E-state index < -0.39 is 0 Å². The van der Waals surface area contributed by atoms with E-state index in [9.17, 15) is 0 Å². The lowest BCUT2D eigenvalue weighted by atomic mass is 10.1. The number of halogens is 1. The molecule has 0 N–H and O–H groups in total. The molecular formula is C11H16ClN3O. The summed E-state index contributed by atoms with van der Waals surface area (Å²) in [6.45, 7) is 1.67. The lowest BCUT2D eigenvalue weighted by molar-refractivity contribution is 0.0853. The summed E-state index contributed by atoms with van der Waals surface area (Å²) in [4.78, 5) is 2.17. The first-order valence-electron chi connectivity index (χ1n) is 5.50. The van der Waals surface area contributed by atoms with Gasteiger partial charge in [0.1, 0.15) is 0 Å². The number of ether oxygens (including phenoxy) is 1. The lowest BCUT2D eigenvalue weighted by Crippen LogP contribution is -2.37. The van der Waals surface area contributed by atoms with Gasteiger partial charge in [-0.15, -0.1) is 16.7 Å². The van der Waals surface area contributed by atoms with Crippen LogP contribution >= 0.6 is 11.6 Å². The molecule has 1 aliphatic rings. The number of alkyl halides is 1. The molecule has 1 aromatic heterocycles. The van der Waals surface area contributed by atoms with Crippen molar-refractivity contribution < 1.29 is 4.74 Å². The van der Waals surface area contributed by atoms with Crippen LogP contribution < -0.4 is 4.90 Å². The topological polar surface area (TPSA) is 38.2 Å². The van der Waals surface area contributed by atoms with E-state index in [4.69, 9.17) is 16.3 Å². The second kappa shape index (κ2) is 5.46. The fourth-order valence-corrected chi connectivity index (χ4v) is 2.01. The van der Waals surface area contributed by atoms with Gasteiger partial charge in [-0.3, -0.25) is 0 Å². The number of aromatic nitrogens is 2. The maximum Gasteiger partial charge on any atom is 0.151 e. The summed E-state index contributed by atoms with van der Waals surface area (Å²) in [5.41, 5.74) is 0.811. The van der Waals surface area contributed by atoms with Crippen molar-refractivity contribution in [3.63, 3.8) is 0 Å². The van der Waals surface area contributed by atoms with Gasteiger partial charge in [0.05, 0.1) is 11.6 Å². The van der Waals surface area contributed by atoms with Crippen LogP contribution in [-0.4, -0.2) is 36.5 Å². The van der Waals surface area contributed by atoms with Crippen LogP contribution in [0.1, 0.15) is 18.5 Å². The van der Waals surface area contributed by atoms with Crippen LogP contribution in [0.5, 0.6) is 0 Å². The highest BCUT2D eigenvalue weighted by Crippen LogP contribution is 2.18. The molecule has 16 heavy (non-hydrogen) atoms. The Labute approximate surface area is 101 Å². The summed E-state index contributed by atoms with van der Waals surface area (Å²) in [6.07, 6.45) is 2.10. The Balaban J connectivity index is 2.04. The Morgan fingerprint density at radius 2 is 2.12 bits per heavy atom. The van der Waals surface area contributed by atoms with Gasteiger partial charge in [-0.2, -0.15) is 5.10 Å². The molecule has 5 heteroatoms. The third kappa shape index (κ3) is 2.62. The van der Waals surface area contributed by atoms with Crippen LogP contribution in [0.3, 0.4) is 0 Å². The minimum absolute atomic E-state index is 0.411. The minimum atomic E-state index is 0.411. The molecule has 0 radical (unpaired) electrons. The molecule has 0 unspecified atom stereocenters. The van der Waals surface area contributed by atoms with Gasteiger partial charge in [0.2, 0.25) is 0 Å². The van der Waals surface area contributed by atoms with Crippen molar-refractivity contribution in [3.8, 4) is 0 Å². The van der Waals surface area contributed by atoms with Gasteiger partial charge in [-0.25, -0.2) is 0 Å². The van der Waals surface area contributed by atoms with E-state index in [1.165, 1.54) is 0 Å². The molecule has 0 amide bonds. The predicted octanol–water partition coefficient (Wildman–Crippen LogP) is 1.83. The molecule has 88 valence electrons. The highest BCUT2D eigenvalue weighted by atomic mass is 35.5. The largest absolute Gasteiger partial charge is 0.381 e. The van der Waals surface area contributed by atoms with Crippen molar-refractivity contribution in [2.75, 3.05) is 25.2 Å². The first kappa shape index (κ1) is 11.6. The summed E-state index contributed by atoms with van der Waals surface area (Å²) < 4.78 is 5.34. The molecule has 2 rings (SSSR count). The van der Waals surface area contributed by atoms with Gasteiger partial charge in [0.15, 0.2) is 5.82 Å². The smallest absolute Gasteiger partial charge is 0.151 e. The molecule has 4 nitrogen and oxygen atoms in total. The standard InChI is InChI=1S/C11H16ClN3O/c1-15(10-4-6-16-7-5-10)11-3-2-9(8-12)13-14-11/h2-3,10H,4-8H2,1H3. The fraction of sp³-hybridized carbons (Fsp3) is 0.636.